The van der Waals surface area contributed by atoms with Crippen LogP contribution in [0.1, 0.15) is 48.6 Å². The van der Waals surface area contributed by atoms with Crippen LogP contribution in [0.4, 0.5) is 0 Å². The lowest BCUT2D eigenvalue weighted by Crippen LogP contribution is -2.44. The molecular formula is C22H31IN4O3. The van der Waals surface area contributed by atoms with Crippen molar-refractivity contribution < 1.29 is 13.9 Å². The minimum Gasteiger partial charge on any atom is -0.486 e. The van der Waals surface area contributed by atoms with Crippen molar-refractivity contribution in [2.45, 2.75) is 51.5 Å². The monoisotopic (exact) mass is 526 g/mol. The lowest BCUT2D eigenvalue weighted by Gasteiger charge is -2.32. The Balaban J connectivity index is 0.00000256. The Bertz CT molecular complexity index is 871. The molecule has 4 rings (SSSR count). The fraction of sp³-hybridized carbons (Fsp3) is 0.545. The van der Waals surface area contributed by atoms with Crippen LogP contribution < -0.4 is 20.1 Å². The van der Waals surface area contributed by atoms with Crippen molar-refractivity contribution in [2.75, 3.05) is 26.8 Å². The van der Waals surface area contributed by atoms with Crippen LogP contribution >= 0.6 is 24.0 Å². The third-order valence-electron chi connectivity index (χ3n) is 6.01. The average molecular weight is 526 g/mol. The van der Waals surface area contributed by atoms with E-state index in [1.807, 2.05) is 19.9 Å². The first kappa shape index (κ1) is 22.7. The van der Waals surface area contributed by atoms with Crippen molar-refractivity contribution in [2.24, 2.45) is 4.99 Å². The van der Waals surface area contributed by atoms with Crippen LogP contribution in [0.3, 0.4) is 0 Å². The molecule has 1 aromatic heterocycles. The van der Waals surface area contributed by atoms with E-state index in [9.17, 15) is 0 Å². The summed E-state index contributed by atoms with van der Waals surface area (Å²) in [7, 11) is 1.78. The number of aliphatic imine (C=N–C) groups is 1. The van der Waals surface area contributed by atoms with Gasteiger partial charge in [-0.15, -0.1) is 24.0 Å². The Morgan fingerprint density at radius 3 is 2.50 bits per heavy atom. The third kappa shape index (κ3) is 4.84. The van der Waals surface area contributed by atoms with Gasteiger partial charge in [-0.05, 0) is 44.4 Å². The lowest BCUT2D eigenvalue weighted by atomic mass is 9.78. The van der Waals surface area contributed by atoms with Crippen molar-refractivity contribution in [3.05, 3.63) is 41.1 Å². The van der Waals surface area contributed by atoms with Crippen molar-refractivity contribution >= 4 is 29.9 Å². The maximum atomic E-state index is 5.82. The molecule has 0 radical (unpaired) electrons. The summed E-state index contributed by atoms with van der Waals surface area (Å²) in [5.41, 5.74) is 2.30. The molecule has 0 atom stereocenters. The third-order valence-corrected chi connectivity index (χ3v) is 6.01. The summed E-state index contributed by atoms with van der Waals surface area (Å²) in [6.45, 7) is 6.42. The number of ether oxygens (including phenoxy) is 2. The molecule has 30 heavy (non-hydrogen) atoms. The predicted octanol–water partition coefficient (Wildman–Crippen LogP) is 3.86. The molecule has 1 fully saturated rings. The van der Waals surface area contributed by atoms with Gasteiger partial charge < -0.3 is 24.5 Å². The molecule has 8 heteroatoms. The smallest absolute Gasteiger partial charge is 0.214 e. The van der Waals surface area contributed by atoms with Gasteiger partial charge in [0.25, 0.3) is 0 Å². The molecule has 164 valence electrons. The molecule has 2 N–H and O–H groups in total. The van der Waals surface area contributed by atoms with Crippen molar-refractivity contribution in [1.82, 2.24) is 15.6 Å². The fourth-order valence-corrected chi connectivity index (χ4v) is 4.24. The van der Waals surface area contributed by atoms with E-state index in [2.05, 4.69) is 32.7 Å². The predicted molar refractivity (Wildman–Crippen MR) is 127 cm³/mol. The number of oxazole rings is 1. The first-order valence-corrected chi connectivity index (χ1v) is 10.4. The van der Waals surface area contributed by atoms with Gasteiger partial charge >= 0.3 is 0 Å². The van der Waals surface area contributed by atoms with Gasteiger partial charge in [-0.3, -0.25) is 4.99 Å². The summed E-state index contributed by atoms with van der Waals surface area (Å²) in [5, 5.41) is 6.83. The van der Waals surface area contributed by atoms with Crippen LogP contribution in [-0.4, -0.2) is 37.7 Å². The van der Waals surface area contributed by atoms with Crippen LogP contribution in [-0.2, 0) is 12.0 Å². The minimum atomic E-state index is 0. The van der Waals surface area contributed by atoms with E-state index in [4.69, 9.17) is 13.9 Å². The second-order valence-corrected chi connectivity index (χ2v) is 7.87. The summed E-state index contributed by atoms with van der Waals surface area (Å²) in [6, 6.07) is 6.40. The summed E-state index contributed by atoms with van der Waals surface area (Å²) in [6.07, 6.45) is 4.76. The van der Waals surface area contributed by atoms with Gasteiger partial charge in [-0.1, -0.05) is 18.9 Å². The van der Waals surface area contributed by atoms with Crippen molar-refractivity contribution in [3.63, 3.8) is 0 Å². The zero-order valence-electron chi connectivity index (χ0n) is 17.9. The Kier molecular flexibility index (Phi) is 7.49. The quantitative estimate of drug-likeness (QED) is 0.350. The molecule has 1 aromatic carbocycles. The molecule has 0 bridgehead atoms. The highest BCUT2D eigenvalue weighted by Gasteiger charge is 2.36. The molecular weight excluding hydrogens is 495 g/mol. The van der Waals surface area contributed by atoms with Gasteiger partial charge in [-0.2, -0.15) is 0 Å². The number of benzene rings is 1. The molecule has 0 unspecified atom stereocenters. The number of aryl methyl sites for hydroxylation is 2. The second kappa shape index (κ2) is 9.89. The molecule has 2 heterocycles. The Morgan fingerprint density at radius 2 is 1.83 bits per heavy atom. The highest BCUT2D eigenvalue weighted by molar-refractivity contribution is 14.0. The number of rotatable bonds is 5. The number of guanidine groups is 1. The number of fused-ring (bicyclic) bond motifs is 1. The van der Waals surface area contributed by atoms with Gasteiger partial charge in [0.2, 0.25) is 5.89 Å². The van der Waals surface area contributed by atoms with E-state index in [-0.39, 0.29) is 29.4 Å². The number of hydrogen-bond acceptors (Lipinski definition) is 5. The lowest BCUT2D eigenvalue weighted by molar-refractivity contribution is 0.171. The minimum absolute atomic E-state index is 0. The van der Waals surface area contributed by atoms with Gasteiger partial charge in [0.15, 0.2) is 17.5 Å². The number of nitrogens with zero attached hydrogens (tertiary/aromatic N) is 2. The SMILES string of the molecule is CN=C(NCc1nc(C)c(C)o1)NCC1(c2ccc3c(c2)OCCO3)CCCC1.I. The van der Waals surface area contributed by atoms with Gasteiger partial charge in [0.1, 0.15) is 19.0 Å². The number of halogens is 1. The van der Waals surface area contributed by atoms with E-state index in [0.29, 0.717) is 25.6 Å². The molecule has 0 amide bonds. The number of hydrogen-bond donors (Lipinski definition) is 2. The van der Waals surface area contributed by atoms with E-state index in [0.717, 1.165) is 48.3 Å². The van der Waals surface area contributed by atoms with Gasteiger partial charge in [0, 0.05) is 19.0 Å². The highest BCUT2D eigenvalue weighted by atomic mass is 127. The summed E-state index contributed by atoms with van der Waals surface area (Å²) < 4.78 is 17.2. The molecule has 1 saturated carbocycles. The largest absolute Gasteiger partial charge is 0.486 e. The topological polar surface area (TPSA) is 80.9 Å². The zero-order valence-corrected chi connectivity index (χ0v) is 20.2. The van der Waals surface area contributed by atoms with Crippen molar-refractivity contribution in [1.29, 1.82) is 0 Å². The zero-order chi connectivity index (χ0) is 20.3. The maximum Gasteiger partial charge on any atom is 0.214 e. The Hall–Kier alpha value is -1.97. The van der Waals surface area contributed by atoms with Crippen LogP contribution in [0.5, 0.6) is 11.5 Å². The molecule has 0 saturated heterocycles. The van der Waals surface area contributed by atoms with Crippen LogP contribution in [0.2, 0.25) is 0 Å². The van der Waals surface area contributed by atoms with Crippen molar-refractivity contribution in [3.8, 4) is 11.5 Å². The first-order chi connectivity index (χ1) is 14.1. The molecule has 0 spiro atoms. The maximum absolute atomic E-state index is 5.82. The first-order valence-electron chi connectivity index (χ1n) is 10.4. The molecule has 1 aliphatic carbocycles. The van der Waals surface area contributed by atoms with Crippen LogP contribution in [0, 0.1) is 13.8 Å². The number of nitrogens with one attached hydrogen (secondary N) is 2. The summed E-state index contributed by atoms with van der Waals surface area (Å²) in [5.74, 6) is 3.98. The van der Waals surface area contributed by atoms with E-state index in [1.165, 1.54) is 18.4 Å². The molecule has 1 aliphatic heterocycles. The summed E-state index contributed by atoms with van der Waals surface area (Å²) >= 11 is 0. The van der Waals surface area contributed by atoms with E-state index < -0.39 is 0 Å². The second-order valence-electron chi connectivity index (χ2n) is 7.87. The van der Waals surface area contributed by atoms with Gasteiger partial charge in [-0.25, -0.2) is 4.98 Å². The normalized spacial score (nSPS) is 17.4. The average Bonchev–Trinajstić information content (AvgIpc) is 3.35. The highest BCUT2D eigenvalue weighted by Crippen LogP contribution is 2.43. The number of aromatic nitrogens is 1. The van der Waals surface area contributed by atoms with E-state index >= 15 is 0 Å². The molecule has 7 nitrogen and oxygen atoms in total. The van der Waals surface area contributed by atoms with Crippen LogP contribution in [0.25, 0.3) is 0 Å². The molecule has 2 aromatic rings. The Morgan fingerprint density at radius 1 is 1.10 bits per heavy atom. The summed E-state index contributed by atoms with van der Waals surface area (Å²) in [4.78, 5) is 8.79. The van der Waals surface area contributed by atoms with E-state index in [1.54, 1.807) is 7.05 Å². The fourth-order valence-electron chi connectivity index (χ4n) is 4.24. The Labute approximate surface area is 195 Å². The van der Waals surface area contributed by atoms with Crippen LogP contribution in [0.15, 0.2) is 27.6 Å². The van der Waals surface area contributed by atoms with Gasteiger partial charge in [0.05, 0.1) is 12.2 Å². The molecule has 2 aliphatic rings. The standard InChI is InChI=1S/C22H30N4O3.HI/c1-15-16(2)29-20(26-15)13-24-21(23-3)25-14-22(8-4-5-9-22)17-6-7-18-19(12-17)28-11-10-27-18;/h6-7,12H,4-5,8-11,13-14H2,1-3H3,(H2,23,24,25);1H.